The summed E-state index contributed by atoms with van der Waals surface area (Å²) in [5.41, 5.74) is 9.88. The fraction of sp³-hybridized carbons (Fsp3) is 0. The fourth-order valence-corrected chi connectivity index (χ4v) is 8.49. The summed E-state index contributed by atoms with van der Waals surface area (Å²) in [5, 5.41) is 7.28. The zero-order chi connectivity index (χ0) is 32.3. The van der Waals surface area contributed by atoms with Crippen molar-refractivity contribution in [2.24, 2.45) is 0 Å². The van der Waals surface area contributed by atoms with Gasteiger partial charge in [-0.25, -0.2) is 0 Å². The lowest BCUT2D eigenvalue weighted by Crippen LogP contribution is -2.11. The van der Waals surface area contributed by atoms with Crippen LogP contribution < -0.4 is 4.90 Å². The van der Waals surface area contributed by atoms with E-state index in [1.165, 1.54) is 53.2 Å². The highest BCUT2D eigenvalue weighted by Crippen LogP contribution is 2.47. The highest BCUT2D eigenvalue weighted by Gasteiger charge is 2.21. The third-order valence-corrected chi connectivity index (χ3v) is 10.8. The monoisotopic (exact) mass is 643 g/mol. The molecule has 0 aliphatic heterocycles. The molecule has 3 heteroatoms. The number of rotatable bonds is 5. The second kappa shape index (κ2) is 11.2. The normalized spacial score (nSPS) is 11.7. The molecular formula is C46H29NOS. The van der Waals surface area contributed by atoms with Gasteiger partial charge in [0.25, 0.3) is 0 Å². The van der Waals surface area contributed by atoms with Gasteiger partial charge < -0.3 is 9.32 Å². The lowest BCUT2D eigenvalue weighted by molar-refractivity contribution is 0.669. The van der Waals surface area contributed by atoms with Crippen molar-refractivity contribution in [3.05, 3.63) is 176 Å². The third kappa shape index (κ3) is 4.62. The summed E-state index contributed by atoms with van der Waals surface area (Å²) in [6.07, 6.45) is 0. The third-order valence-electron chi connectivity index (χ3n) is 9.67. The van der Waals surface area contributed by atoms with Gasteiger partial charge in [-0.3, -0.25) is 0 Å². The van der Waals surface area contributed by atoms with E-state index >= 15 is 0 Å². The first-order valence-corrected chi connectivity index (χ1v) is 17.4. The number of fused-ring (bicyclic) bond motifs is 7. The smallest absolute Gasteiger partial charge is 0.135 e. The second-order valence-electron chi connectivity index (χ2n) is 12.5. The zero-order valence-electron chi connectivity index (χ0n) is 26.5. The highest BCUT2D eigenvalue weighted by molar-refractivity contribution is 7.25. The van der Waals surface area contributed by atoms with Crippen molar-refractivity contribution in [3.63, 3.8) is 0 Å². The van der Waals surface area contributed by atoms with E-state index in [0.717, 1.165) is 39.0 Å². The summed E-state index contributed by atoms with van der Waals surface area (Å²) in [4.78, 5) is 2.41. The van der Waals surface area contributed by atoms with E-state index in [2.05, 4.69) is 169 Å². The molecule has 10 rings (SSSR count). The van der Waals surface area contributed by atoms with Crippen molar-refractivity contribution in [2.45, 2.75) is 0 Å². The van der Waals surface area contributed by atoms with Crippen LogP contribution in [-0.2, 0) is 0 Å². The predicted octanol–water partition coefficient (Wildman–Crippen LogP) is 13.9. The van der Waals surface area contributed by atoms with E-state index in [0.29, 0.717) is 0 Å². The van der Waals surface area contributed by atoms with E-state index < -0.39 is 0 Å². The standard InChI is InChI=1S/C46H29NOS/c1-2-10-30(11-3-1)31-18-22-34(23-19-31)47(35-24-27-43-40(29-35)37-14-6-8-16-42(37)48-43)41-26-21-32-12-4-5-13-36(32)46(41)33-20-25-39-38-15-7-9-17-44(38)49-45(39)28-33/h1-29H. The van der Waals surface area contributed by atoms with Gasteiger partial charge >= 0.3 is 0 Å². The predicted molar refractivity (Wildman–Crippen MR) is 210 cm³/mol. The Morgan fingerprint density at radius 1 is 0.388 bits per heavy atom. The van der Waals surface area contributed by atoms with Gasteiger partial charge in [-0.15, -0.1) is 11.3 Å². The van der Waals surface area contributed by atoms with Crippen LogP contribution in [-0.4, -0.2) is 0 Å². The molecule has 0 saturated carbocycles. The molecule has 0 aliphatic rings. The topological polar surface area (TPSA) is 16.4 Å². The highest BCUT2D eigenvalue weighted by atomic mass is 32.1. The number of benzene rings is 8. The van der Waals surface area contributed by atoms with Gasteiger partial charge in [0, 0.05) is 47.9 Å². The van der Waals surface area contributed by atoms with Gasteiger partial charge in [0.1, 0.15) is 11.2 Å². The molecule has 0 atom stereocenters. The summed E-state index contributed by atoms with van der Waals surface area (Å²) in [7, 11) is 0. The SMILES string of the molecule is c1ccc(-c2ccc(N(c3ccc4oc5ccccc5c4c3)c3ccc4ccccc4c3-c3ccc4c(c3)sc3ccccc34)cc2)cc1. The molecule has 230 valence electrons. The molecule has 10 aromatic rings. The molecule has 0 saturated heterocycles. The molecule has 49 heavy (non-hydrogen) atoms. The van der Waals surface area contributed by atoms with E-state index in [9.17, 15) is 0 Å². The number of hydrogen-bond acceptors (Lipinski definition) is 3. The van der Waals surface area contributed by atoms with Crippen LogP contribution in [0.5, 0.6) is 0 Å². The van der Waals surface area contributed by atoms with Crippen LogP contribution >= 0.6 is 11.3 Å². The van der Waals surface area contributed by atoms with Crippen molar-refractivity contribution < 1.29 is 4.42 Å². The van der Waals surface area contributed by atoms with E-state index in [1.54, 1.807) is 0 Å². The maximum atomic E-state index is 6.26. The fourth-order valence-electron chi connectivity index (χ4n) is 7.35. The molecule has 2 aromatic heterocycles. The summed E-state index contributed by atoms with van der Waals surface area (Å²) < 4.78 is 8.87. The van der Waals surface area contributed by atoms with Gasteiger partial charge in [0.05, 0.1) is 5.69 Å². The molecule has 0 radical (unpaired) electrons. The van der Waals surface area contributed by atoms with Gasteiger partial charge in [-0.05, 0) is 82.1 Å². The minimum atomic E-state index is 0.887. The molecule has 0 fully saturated rings. The largest absolute Gasteiger partial charge is 0.456 e. The minimum Gasteiger partial charge on any atom is -0.456 e. The Bertz CT molecular complexity index is 2830. The first-order valence-electron chi connectivity index (χ1n) is 16.6. The van der Waals surface area contributed by atoms with Crippen molar-refractivity contribution >= 4 is 81.3 Å². The summed E-state index contributed by atoms with van der Waals surface area (Å²) >= 11 is 1.86. The van der Waals surface area contributed by atoms with Crippen LogP contribution in [0.4, 0.5) is 17.1 Å². The summed E-state index contributed by atoms with van der Waals surface area (Å²) in [5.74, 6) is 0. The number of anilines is 3. The lowest BCUT2D eigenvalue weighted by Gasteiger charge is -2.29. The van der Waals surface area contributed by atoms with Crippen LogP contribution in [0.25, 0.3) is 75.1 Å². The number of thiophene rings is 1. The maximum Gasteiger partial charge on any atom is 0.135 e. The van der Waals surface area contributed by atoms with Crippen molar-refractivity contribution in [2.75, 3.05) is 4.90 Å². The van der Waals surface area contributed by atoms with Crippen LogP contribution in [0.1, 0.15) is 0 Å². The number of furan rings is 1. The maximum absolute atomic E-state index is 6.26. The van der Waals surface area contributed by atoms with Gasteiger partial charge in [-0.1, -0.05) is 121 Å². The van der Waals surface area contributed by atoms with Gasteiger partial charge in [-0.2, -0.15) is 0 Å². The first-order chi connectivity index (χ1) is 24.3. The Kier molecular flexibility index (Phi) is 6.39. The zero-order valence-corrected chi connectivity index (χ0v) is 27.3. The van der Waals surface area contributed by atoms with E-state index in [1.807, 2.05) is 23.5 Å². The van der Waals surface area contributed by atoms with Crippen molar-refractivity contribution in [1.29, 1.82) is 0 Å². The Hall–Kier alpha value is -6.16. The summed E-state index contributed by atoms with van der Waals surface area (Å²) in [6, 6.07) is 63.4. The quantitative estimate of drug-likeness (QED) is 0.186. The minimum absolute atomic E-state index is 0.887. The van der Waals surface area contributed by atoms with Crippen LogP contribution in [0, 0.1) is 0 Å². The summed E-state index contributed by atoms with van der Waals surface area (Å²) in [6.45, 7) is 0. The van der Waals surface area contributed by atoms with Crippen LogP contribution in [0.15, 0.2) is 180 Å². The number of para-hydroxylation sites is 1. The molecule has 0 N–H and O–H groups in total. The molecule has 0 amide bonds. The number of nitrogens with zero attached hydrogens (tertiary/aromatic N) is 1. The van der Waals surface area contributed by atoms with Gasteiger partial charge in [0.15, 0.2) is 0 Å². The Morgan fingerprint density at radius 2 is 1.04 bits per heavy atom. The Balaban J connectivity index is 1.24. The lowest BCUT2D eigenvalue weighted by atomic mass is 9.94. The molecule has 0 aliphatic carbocycles. The van der Waals surface area contributed by atoms with Crippen LogP contribution in [0.3, 0.4) is 0 Å². The van der Waals surface area contributed by atoms with Crippen molar-refractivity contribution in [1.82, 2.24) is 0 Å². The van der Waals surface area contributed by atoms with E-state index in [4.69, 9.17) is 4.42 Å². The molecule has 0 bridgehead atoms. The van der Waals surface area contributed by atoms with Crippen molar-refractivity contribution in [3.8, 4) is 22.3 Å². The van der Waals surface area contributed by atoms with Crippen LogP contribution in [0.2, 0.25) is 0 Å². The average molecular weight is 644 g/mol. The molecular weight excluding hydrogens is 615 g/mol. The van der Waals surface area contributed by atoms with Gasteiger partial charge in [0.2, 0.25) is 0 Å². The molecule has 2 heterocycles. The first kappa shape index (κ1) is 27.9. The van der Waals surface area contributed by atoms with E-state index in [-0.39, 0.29) is 0 Å². The molecule has 8 aromatic carbocycles. The Morgan fingerprint density at radius 3 is 1.92 bits per heavy atom. The Labute approximate surface area is 287 Å². The average Bonchev–Trinajstić information content (AvgIpc) is 3.73. The molecule has 0 unspecified atom stereocenters. The number of hydrogen-bond donors (Lipinski definition) is 0. The molecule has 2 nitrogen and oxygen atoms in total. The second-order valence-corrected chi connectivity index (χ2v) is 13.6. The molecule has 0 spiro atoms.